The van der Waals surface area contributed by atoms with E-state index in [2.05, 4.69) is 40.3 Å². The van der Waals surface area contributed by atoms with E-state index in [9.17, 15) is 0 Å². The Kier molecular flexibility index (Phi) is 4.19. The molecular formula is C11H19BrN4O. The number of hydrazine groups is 1. The highest BCUT2D eigenvalue weighted by Gasteiger charge is 2.35. The highest BCUT2D eigenvalue weighted by Crippen LogP contribution is 2.35. The minimum atomic E-state index is 0.0734. The number of aromatic nitrogens is 2. The second-order valence-electron chi connectivity index (χ2n) is 4.37. The minimum absolute atomic E-state index is 0.0734. The molecule has 1 aliphatic heterocycles. The van der Waals surface area contributed by atoms with Crippen LogP contribution in [0.3, 0.4) is 0 Å². The lowest BCUT2D eigenvalue weighted by atomic mass is 9.91. The molecule has 0 radical (unpaired) electrons. The van der Waals surface area contributed by atoms with Gasteiger partial charge in [-0.05, 0) is 36.2 Å². The molecule has 1 aromatic rings. The highest BCUT2D eigenvalue weighted by atomic mass is 79.9. The maximum Gasteiger partial charge on any atom is 0.0712 e. The van der Waals surface area contributed by atoms with Crippen LogP contribution in [-0.2, 0) is 11.3 Å². The van der Waals surface area contributed by atoms with Crippen LogP contribution < -0.4 is 11.3 Å². The normalized spacial score (nSPS) is 26.4. The van der Waals surface area contributed by atoms with Gasteiger partial charge in [0.2, 0.25) is 0 Å². The third kappa shape index (κ3) is 2.40. The van der Waals surface area contributed by atoms with E-state index in [1.54, 1.807) is 0 Å². The number of nitrogens with two attached hydrogens (primary N) is 1. The van der Waals surface area contributed by atoms with Crippen molar-refractivity contribution in [1.82, 2.24) is 15.2 Å². The molecule has 3 atom stereocenters. The SMILES string of the molecule is CCn1ncc(Br)c1C(NN)C1CCOC1C. The number of hydrogen-bond donors (Lipinski definition) is 2. The zero-order valence-electron chi connectivity index (χ0n) is 10.2. The van der Waals surface area contributed by atoms with Crippen LogP contribution in [0.25, 0.3) is 0 Å². The predicted molar refractivity (Wildman–Crippen MR) is 69.2 cm³/mol. The Morgan fingerprint density at radius 3 is 3.06 bits per heavy atom. The molecule has 0 saturated carbocycles. The number of nitrogens with one attached hydrogen (secondary N) is 1. The Labute approximate surface area is 110 Å². The van der Waals surface area contributed by atoms with Gasteiger partial charge in [-0.3, -0.25) is 16.0 Å². The molecule has 1 saturated heterocycles. The summed E-state index contributed by atoms with van der Waals surface area (Å²) in [5.74, 6) is 6.12. The van der Waals surface area contributed by atoms with Crippen molar-refractivity contribution in [3.05, 3.63) is 16.4 Å². The van der Waals surface area contributed by atoms with E-state index in [0.717, 1.165) is 29.7 Å². The Morgan fingerprint density at radius 2 is 2.53 bits per heavy atom. The van der Waals surface area contributed by atoms with Crippen LogP contribution in [0, 0.1) is 5.92 Å². The number of hydrogen-bond acceptors (Lipinski definition) is 4. The molecule has 3 N–H and O–H groups in total. The maximum atomic E-state index is 5.73. The molecule has 3 unspecified atom stereocenters. The molecule has 0 aromatic carbocycles. The van der Waals surface area contributed by atoms with Crippen molar-refractivity contribution >= 4 is 15.9 Å². The molecule has 17 heavy (non-hydrogen) atoms. The summed E-state index contributed by atoms with van der Waals surface area (Å²) in [5, 5.41) is 4.33. The molecular weight excluding hydrogens is 284 g/mol. The Bertz CT molecular complexity index is 382. The Hall–Kier alpha value is -0.430. The van der Waals surface area contributed by atoms with Gasteiger partial charge in [-0.2, -0.15) is 5.10 Å². The van der Waals surface area contributed by atoms with E-state index < -0.39 is 0 Å². The van der Waals surface area contributed by atoms with Gasteiger partial charge in [-0.25, -0.2) is 0 Å². The van der Waals surface area contributed by atoms with E-state index in [4.69, 9.17) is 10.6 Å². The average molecular weight is 303 g/mol. The fourth-order valence-electron chi connectivity index (χ4n) is 2.52. The van der Waals surface area contributed by atoms with E-state index in [1.807, 2.05) is 10.9 Å². The molecule has 6 heteroatoms. The first-order valence-corrected chi connectivity index (χ1v) is 6.77. The van der Waals surface area contributed by atoms with Gasteiger partial charge in [0.15, 0.2) is 0 Å². The number of ether oxygens (including phenoxy) is 1. The van der Waals surface area contributed by atoms with Crippen molar-refractivity contribution in [2.24, 2.45) is 11.8 Å². The summed E-state index contributed by atoms with van der Waals surface area (Å²) in [4.78, 5) is 0. The van der Waals surface area contributed by atoms with Crippen LogP contribution in [0.4, 0.5) is 0 Å². The quantitative estimate of drug-likeness (QED) is 0.655. The molecule has 0 amide bonds. The van der Waals surface area contributed by atoms with E-state index >= 15 is 0 Å². The van der Waals surface area contributed by atoms with Crippen LogP contribution in [0.5, 0.6) is 0 Å². The van der Waals surface area contributed by atoms with Gasteiger partial charge < -0.3 is 4.74 Å². The van der Waals surface area contributed by atoms with Crippen molar-refractivity contribution in [1.29, 1.82) is 0 Å². The van der Waals surface area contributed by atoms with Gasteiger partial charge in [0.1, 0.15) is 0 Å². The van der Waals surface area contributed by atoms with Gasteiger partial charge in [0, 0.05) is 19.1 Å². The molecule has 96 valence electrons. The van der Waals surface area contributed by atoms with Gasteiger partial charge in [0.25, 0.3) is 0 Å². The summed E-state index contributed by atoms with van der Waals surface area (Å²) < 4.78 is 8.59. The molecule has 1 fully saturated rings. The minimum Gasteiger partial charge on any atom is -0.378 e. The lowest BCUT2D eigenvalue weighted by Crippen LogP contribution is -2.37. The summed E-state index contributed by atoms with van der Waals surface area (Å²) in [6.07, 6.45) is 3.07. The fourth-order valence-corrected chi connectivity index (χ4v) is 3.07. The number of nitrogens with zero attached hydrogens (tertiary/aromatic N) is 2. The third-order valence-electron chi connectivity index (χ3n) is 3.47. The van der Waals surface area contributed by atoms with Gasteiger partial charge >= 0.3 is 0 Å². The van der Waals surface area contributed by atoms with Crippen molar-refractivity contribution in [2.75, 3.05) is 6.61 Å². The molecule has 0 spiro atoms. The van der Waals surface area contributed by atoms with E-state index in [1.165, 1.54) is 0 Å². The first kappa shape index (κ1) is 13.0. The number of aryl methyl sites for hydroxylation is 1. The summed E-state index contributed by atoms with van der Waals surface area (Å²) in [6, 6.07) is 0.0734. The summed E-state index contributed by atoms with van der Waals surface area (Å²) in [7, 11) is 0. The first-order valence-electron chi connectivity index (χ1n) is 5.98. The van der Waals surface area contributed by atoms with Crippen LogP contribution in [0.15, 0.2) is 10.7 Å². The molecule has 0 aliphatic carbocycles. The Balaban J connectivity index is 2.31. The van der Waals surface area contributed by atoms with Gasteiger partial charge in [-0.15, -0.1) is 0 Å². The average Bonchev–Trinajstić information content (AvgIpc) is 2.89. The van der Waals surface area contributed by atoms with Crippen LogP contribution in [0.1, 0.15) is 32.0 Å². The zero-order valence-corrected chi connectivity index (χ0v) is 11.8. The van der Waals surface area contributed by atoms with Crippen molar-refractivity contribution in [3.8, 4) is 0 Å². The van der Waals surface area contributed by atoms with E-state index in [-0.39, 0.29) is 12.1 Å². The summed E-state index contributed by atoms with van der Waals surface area (Å²) in [5.41, 5.74) is 4.03. The Morgan fingerprint density at radius 1 is 1.76 bits per heavy atom. The largest absolute Gasteiger partial charge is 0.378 e. The van der Waals surface area contributed by atoms with Gasteiger partial charge in [-0.1, -0.05) is 0 Å². The number of rotatable bonds is 4. The fraction of sp³-hybridized carbons (Fsp3) is 0.727. The third-order valence-corrected chi connectivity index (χ3v) is 4.08. The van der Waals surface area contributed by atoms with Crippen molar-refractivity contribution in [3.63, 3.8) is 0 Å². The second kappa shape index (κ2) is 5.48. The zero-order chi connectivity index (χ0) is 12.4. The summed E-state index contributed by atoms with van der Waals surface area (Å²) in [6.45, 7) is 5.82. The standard InChI is InChI=1S/C11H19BrN4O/c1-3-16-11(9(12)6-14-16)10(15-13)8-4-5-17-7(8)2/h6-8,10,15H,3-5,13H2,1-2H3. The van der Waals surface area contributed by atoms with Crippen LogP contribution in [-0.4, -0.2) is 22.5 Å². The number of halogens is 1. The maximum absolute atomic E-state index is 5.73. The molecule has 0 bridgehead atoms. The van der Waals surface area contributed by atoms with Crippen LogP contribution >= 0.6 is 15.9 Å². The molecule has 5 nitrogen and oxygen atoms in total. The topological polar surface area (TPSA) is 65.1 Å². The van der Waals surface area contributed by atoms with Crippen molar-refractivity contribution < 1.29 is 4.74 Å². The van der Waals surface area contributed by atoms with Crippen LogP contribution in [0.2, 0.25) is 0 Å². The second-order valence-corrected chi connectivity index (χ2v) is 5.22. The predicted octanol–water partition coefficient (Wildman–Crippen LogP) is 1.59. The van der Waals surface area contributed by atoms with E-state index in [0.29, 0.717) is 5.92 Å². The summed E-state index contributed by atoms with van der Waals surface area (Å²) >= 11 is 3.55. The molecule has 1 aliphatic rings. The molecule has 1 aromatic heterocycles. The van der Waals surface area contributed by atoms with Crippen molar-refractivity contribution in [2.45, 2.75) is 39.0 Å². The lowest BCUT2D eigenvalue weighted by molar-refractivity contribution is 0.0942. The first-order chi connectivity index (χ1) is 8.19. The molecule has 2 rings (SSSR count). The lowest BCUT2D eigenvalue weighted by Gasteiger charge is -2.26. The molecule has 2 heterocycles. The highest BCUT2D eigenvalue weighted by molar-refractivity contribution is 9.10. The van der Waals surface area contributed by atoms with Gasteiger partial charge in [0.05, 0.1) is 28.5 Å². The monoisotopic (exact) mass is 302 g/mol. The smallest absolute Gasteiger partial charge is 0.0712 e.